The van der Waals surface area contributed by atoms with Gasteiger partial charge < -0.3 is 54.0 Å². The zero-order valence-corrected chi connectivity index (χ0v) is 31.6. The van der Waals surface area contributed by atoms with Crippen LogP contribution in [0.5, 0.6) is 5.75 Å². The Hall–Kier alpha value is -2.92. The minimum atomic E-state index is -0.451. The first-order valence-corrected chi connectivity index (χ1v) is 19.2. The molecule has 0 bridgehead atoms. The van der Waals surface area contributed by atoms with Crippen LogP contribution < -0.4 is 25.6 Å². The Morgan fingerprint density at radius 3 is 1.69 bits per heavy atom. The molecule has 1 aromatic carbocycles. The molecular formula is C37H63FN7O7+. The second-order valence-corrected chi connectivity index (χ2v) is 13.4. The van der Waals surface area contributed by atoms with Crippen LogP contribution in [0.4, 0.5) is 27.9 Å². The highest BCUT2D eigenvalue weighted by Crippen LogP contribution is 2.25. The van der Waals surface area contributed by atoms with Gasteiger partial charge in [-0.15, -0.1) is 0 Å². The Balaban J connectivity index is 1.11. The lowest BCUT2D eigenvalue weighted by Gasteiger charge is -2.33. The van der Waals surface area contributed by atoms with E-state index in [2.05, 4.69) is 32.8 Å². The van der Waals surface area contributed by atoms with Gasteiger partial charge in [-0.3, -0.25) is 0 Å². The van der Waals surface area contributed by atoms with Crippen LogP contribution >= 0.6 is 0 Å². The number of nitrogens with zero attached hydrogens (tertiary/aromatic N) is 3. The van der Waals surface area contributed by atoms with Gasteiger partial charge in [-0.1, -0.05) is 25.7 Å². The number of rotatable bonds is 26. The monoisotopic (exact) mass is 736 g/mol. The van der Waals surface area contributed by atoms with E-state index in [4.69, 9.17) is 38.1 Å². The Morgan fingerprint density at radius 2 is 1.17 bits per heavy atom. The van der Waals surface area contributed by atoms with Crippen LogP contribution in [0.2, 0.25) is 0 Å². The van der Waals surface area contributed by atoms with E-state index in [0.29, 0.717) is 108 Å². The van der Waals surface area contributed by atoms with Crippen LogP contribution in [-0.2, 0) is 28.4 Å². The fourth-order valence-electron chi connectivity index (χ4n) is 6.44. The van der Waals surface area contributed by atoms with Gasteiger partial charge in [-0.05, 0) is 31.9 Å². The largest absolute Gasteiger partial charge is 0.494 e. The van der Waals surface area contributed by atoms with Crippen molar-refractivity contribution >= 4 is 23.5 Å². The molecule has 2 fully saturated rings. The Kier molecular flexibility index (Phi) is 20.2. The first-order valence-electron chi connectivity index (χ1n) is 19.2. The number of halogens is 1. The summed E-state index contributed by atoms with van der Waals surface area (Å²) in [6, 6.07) is 5.80. The summed E-state index contributed by atoms with van der Waals surface area (Å²) in [5, 5.41) is 10.3. The molecule has 1 aliphatic carbocycles. The minimum Gasteiger partial charge on any atom is -0.494 e. The fourth-order valence-corrected chi connectivity index (χ4v) is 6.44. The van der Waals surface area contributed by atoms with Crippen molar-refractivity contribution in [1.29, 1.82) is 0 Å². The number of piperidine rings is 1. The highest BCUT2D eigenvalue weighted by Gasteiger charge is 2.27. The SMILES string of the molecule is COCCOCCOCCOCCOCCOCCC(C)[NH+]1CCC(Nc2nc(Nc3ccc(OC)c(F)c3)nc(NC3CCCCCC3)n2)CC1. The molecule has 0 radical (unpaired) electrons. The Bertz CT molecular complexity index is 1240. The standard InChI is InChI=1S/C37H62FN7O7/c1-29(14-17-48-20-21-50-24-25-52-27-26-51-23-22-49-19-18-46-2)45-15-12-31(13-16-45)40-36-42-35(39-30-8-6-4-5-7-9-30)43-37(44-36)41-32-10-11-34(47-3)33(38)28-32/h10-11,28-31H,4-9,12-27H2,1-3H3,(H3,39,40,41,42,43,44)/p+1. The van der Waals surface area contributed by atoms with Gasteiger partial charge in [-0.2, -0.15) is 15.0 Å². The number of methoxy groups -OCH3 is 2. The summed E-state index contributed by atoms with van der Waals surface area (Å²) >= 11 is 0. The van der Waals surface area contributed by atoms with Crippen LogP contribution in [0.3, 0.4) is 0 Å². The number of hydrogen-bond acceptors (Lipinski definition) is 13. The smallest absolute Gasteiger partial charge is 0.233 e. The number of quaternary nitrogens is 1. The van der Waals surface area contributed by atoms with Gasteiger partial charge in [0.2, 0.25) is 17.8 Å². The summed E-state index contributed by atoms with van der Waals surface area (Å²) < 4.78 is 52.2. The lowest BCUT2D eigenvalue weighted by Crippen LogP contribution is -3.16. The van der Waals surface area contributed by atoms with Gasteiger partial charge in [0.25, 0.3) is 0 Å². The number of hydrogen-bond donors (Lipinski definition) is 4. The average Bonchev–Trinajstić information content (AvgIpc) is 3.42. The van der Waals surface area contributed by atoms with Gasteiger partial charge in [0.15, 0.2) is 11.6 Å². The summed E-state index contributed by atoms with van der Waals surface area (Å²) in [5.74, 6) is 1.16. The Morgan fingerprint density at radius 1 is 0.673 bits per heavy atom. The predicted octanol–water partition coefficient (Wildman–Crippen LogP) is 3.86. The van der Waals surface area contributed by atoms with Gasteiger partial charge in [-0.25, -0.2) is 4.39 Å². The third-order valence-electron chi connectivity index (χ3n) is 9.50. The van der Waals surface area contributed by atoms with Crippen molar-refractivity contribution in [3.63, 3.8) is 0 Å². The topological polar surface area (TPSA) is 144 Å². The van der Waals surface area contributed by atoms with Crippen LogP contribution in [0.25, 0.3) is 0 Å². The maximum absolute atomic E-state index is 14.4. The van der Waals surface area contributed by atoms with E-state index in [1.54, 1.807) is 24.1 Å². The molecule has 1 aromatic heterocycles. The summed E-state index contributed by atoms with van der Waals surface area (Å²) in [7, 11) is 3.10. The molecule has 2 heterocycles. The molecule has 2 aliphatic rings. The second-order valence-electron chi connectivity index (χ2n) is 13.4. The van der Waals surface area contributed by atoms with Crippen molar-refractivity contribution in [2.45, 2.75) is 82.8 Å². The van der Waals surface area contributed by atoms with Gasteiger partial charge in [0, 0.05) is 50.2 Å². The summed E-state index contributed by atoms with van der Waals surface area (Å²) in [5.41, 5.74) is 0.539. The van der Waals surface area contributed by atoms with E-state index in [0.717, 1.165) is 45.2 Å². The minimum absolute atomic E-state index is 0.187. The number of anilines is 4. The van der Waals surface area contributed by atoms with Crippen LogP contribution in [-0.4, -0.2) is 133 Å². The molecule has 15 heteroatoms. The molecular weight excluding hydrogens is 673 g/mol. The highest BCUT2D eigenvalue weighted by molar-refractivity contribution is 5.57. The quantitative estimate of drug-likeness (QED) is 0.0821. The third-order valence-corrected chi connectivity index (χ3v) is 9.50. The fraction of sp³-hybridized carbons (Fsp3) is 0.757. The van der Waals surface area contributed by atoms with Crippen molar-refractivity contribution in [3.05, 3.63) is 24.0 Å². The van der Waals surface area contributed by atoms with Crippen LogP contribution in [0, 0.1) is 5.82 Å². The number of ether oxygens (including phenoxy) is 7. The number of aromatic nitrogens is 3. The van der Waals surface area contributed by atoms with E-state index in [1.807, 2.05) is 0 Å². The van der Waals surface area contributed by atoms with E-state index in [-0.39, 0.29) is 11.8 Å². The predicted molar refractivity (Wildman–Crippen MR) is 199 cm³/mol. The normalized spacial score (nSPS) is 18.8. The van der Waals surface area contributed by atoms with E-state index < -0.39 is 5.82 Å². The van der Waals surface area contributed by atoms with Gasteiger partial charge in [0.05, 0.1) is 98.9 Å². The van der Waals surface area contributed by atoms with Gasteiger partial charge >= 0.3 is 0 Å². The molecule has 14 nitrogen and oxygen atoms in total. The second kappa shape index (κ2) is 25.2. The molecule has 1 unspecified atom stereocenters. The van der Waals surface area contributed by atoms with Crippen LogP contribution in [0.1, 0.15) is 64.7 Å². The molecule has 4 N–H and O–H groups in total. The molecule has 0 spiro atoms. The lowest BCUT2D eigenvalue weighted by molar-refractivity contribution is -0.928. The number of likely N-dealkylation sites (tertiary alicyclic amines) is 1. The van der Waals surface area contributed by atoms with Crippen molar-refractivity contribution in [2.75, 3.05) is 116 Å². The van der Waals surface area contributed by atoms with Gasteiger partial charge in [0.1, 0.15) is 0 Å². The third kappa shape index (κ3) is 16.4. The van der Waals surface area contributed by atoms with E-state index in [1.165, 1.54) is 38.9 Å². The van der Waals surface area contributed by atoms with Crippen LogP contribution in [0.15, 0.2) is 18.2 Å². The van der Waals surface area contributed by atoms with Crippen molar-refractivity contribution in [3.8, 4) is 5.75 Å². The maximum Gasteiger partial charge on any atom is 0.233 e. The summed E-state index contributed by atoms with van der Waals surface area (Å²) in [6.07, 6.45) is 10.1. The van der Waals surface area contributed by atoms with Crippen molar-refractivity contribution in [2.24, 2.45) is 0 Å². The molecule has 0 amide bonds. The molecule has 2 aromatic rings. The number of nitrogens with one attached hydrogen (secondary N) is 4. The molecule has 294 valence electrons. The Labute approximate surface area is 309 Å². The average molecular weight is 737 g/mol. The molecule has 1 atom stereocenters. The summed E-state index contributed by atoms with van der Waals surface area (Å²) in [6.45, 7) is 10.7. The maximum atomic E-state index is 14.4. The summed E-state index contributed by atoms with van der Waals surface area (Å²) in [4.78, 5) is 15.7. The first-order chi connectivity index (χ1) is 25.5. The highest BCUT2D eigenvalue weighted by atomic mass is 19.1. The lowest BCUT2D eigenvalue weighted by atomic mass is 10.0. The molecule has 4 rings (SSSR count). The molecule has 1 saturated carbocycles. The van der Waals surface area contributed by atoms with Crippen molar-refractivity contribution in [1.82, 2.24) is 15.0 Å². The van der Waals surface area contributed by atoms with E-state index in [9.17, 15) is 4.39 Å². The zero-order chi connectivity index (χ0) is 36.6. The molecule has 52 heavy (non-hydrogen) atoms. The first kappa shape index (κ1) is 41.8. The number of benzene rings is 1. The van der Waals surface area contributed by atoms with Crippen molar-refractivity contribution < 1.29 is 42.4 Å². The molecule has 1 aliphatic heterocycles. The zero-order valence-electron chi connectivity index (χ0n) is 31.6. The van der Waals surface area contributed by atoms with E-state index >= 15 is 0 Å². The molecule has 1 saturated heterocycles.